The zero-order valence-electron chi connectivity index (χ0n) is 17.4. The molecule has 1 aliphatic heterocycles. The Hall–Kier alpha value is -3.07. The Kier molecular flexibility index (Phi) is 6.71. The van der Waals surface area contributed by atoms with Crippen LogP contribution in [0.5, 0.6) is 6.01 Å². The van der Waals surface area contributed by atoms with Crippen LogP contribution in [0.2, 0.25) is 0 Å². The maximum Gasteiger partial charge on any atom is 0.316 e. The van der Waals surface area contributed by atoms with Crippen LogP contribution in [0.3, 0.4) is 0 Å². The Morgan fingerprint density at radius 3 is 2.81 bits per heavy atom. The molecule has 0 bridgehead atoms. The summed E-state index contributed by atoms with van der Waals surface area (Å²) in [6.07, 6.45) is 8.04. The van der Waals surface area contributed by atoms with Gasteiger partial charge in [-0.15, -0.1) is 11.3 Å². The molecule has 8 nitrogen and oxygen atoms in total. The molecule has 4 rings (SSSR count). The lowest BCUT2D eigenvalue weighted by molar-refractivity contribution is -0.137. The number of methoxy groups -OCH3 is 1. The van der Waals surface area contributed by atoms with Crippen LogP contribution in [0.15, 0.2) is 29.9 Å². The fourth-order valence-corrected chi connectivity index (χ4v) is 4.67. The molecule has 0 spiro atoms. The highest BCUT2D eigenvalue weighted by Crippen LogP contribution is 2.30. The quantitative estimate of drug-likeness (QED) is 0.521. The van der Waals surface area contributed by atoms with Gasteiger partial charge < -0.3 is 15.2 Å². The van der Waals surface area contributed by atoms with E-state index >= 15 is 0 Å². The van der Waals surface area contributed by atoms with Gasteiger partial charge in [-0.25, -0.2) is 19.9 Å². The number of pyridine rings is 1. The molecule has 3 aromatic heterocycles. The highest BCUT2D eigenvalue weighted by Gasteiger charge is 2.22. The van der Waals surface area contributed by atoms with Gasteiger partial charge in [0.2, 0.25) is 0 Å². The summed E-state index contributed by atoms with van der Waals surface area (Å²) < 4.78 is 4.99. The normalized spacial score (nSPS) is 13.8. The molecule has 9 heteroatoms. The highest BCUT2D eigenvalue weighted by atomic mass is 32.1. The molecule has 1 atom stereocenters. The molecule has 0 amide bonds. The lowest BCUT2D eigenvalue weighted by atomic mass is 9.99. The van der Waals surface area contributed by atoms with Crippen molar-refractivity contribution in [3.8, 4) is 6.01 Å². The summed E-state index contributed by atoms with van der Waals surface area (Å²) in [6, 6.07) is 4.55. The first-order valence-electron chi connectivity index (χ1n) is 10.4. The number of carboxylic acid groups (broad SMARTS) is 1. The van der Waals surface area contributed by atoms with Crippen LogP contribution >= 0.6 is 11.3 Å². The topological polar surface area (TPSA) is 110 Å². The maximum atomic E-state index is 11.4. The largest absolute Gasteiger partial charge is 0.481 e. The number of nitrogens with one attached hydrogen (secondary N) is 1. The molecule has 0 radical (unpaired) electrons. The molecule has 4 heterocycles. The van der Waals surface area contributed by atoms with Crippen molar-refractivity contribution in [1.82, 2.24) is 19.9 Å². The van der Waals surface area contributed by atoms with Crippen LogP contribution in [0, 0.1) is 0 Å². The van der Waals surface area contributed by atoms with Gasteiger partial charge in [-0.3, -0.25) is 4.79 Å². The van der Waals surface area contributed by atoms with Gasteiger partial charge in [0.15, 0.2) is 0 Å². The number of anilines is 1. The first-order valence-corrected chi connectivity index (χ1v) is 11.2. The standard InChI is InChI=1S/C22H25N5O3S/c1-30-22-24-11-15(12-25-22)18(10-19(28)29)21-27-17(13-31-21)6-2-5-16-8-7-14-4-3-9-23-20(14)26-16/h7-8,11-13,18H,2-6,9-10H2,1H3,(H,23,26)(H,28,29)/t18-/m0/s1. The van der Waals surface area contributed by atoms with Gasteiger partial charge in [0.1, 0.15) is 10.8 Å². The lowest BCUT2D eigenvalue weighted by Gasteiger charge is -2.17. The van der Waals surface area contributed by atoms with E-state index in [1.54, 1.807) is 12.4 Å². The van der Waals surface area contributed by atoms with Gasteiger partial charge in [0, 0.05) is 35.9 Å². The molecule has 0 fully saturated rings. The molecule has 0 aromatic carbocycles. The molecule has 3 aromatic rings. The first kappa shape index (κ1) is 21.2. The summed E-state index contributed by atoms with van der Waals surface area (Å²) in [6.45, 7) is 0.988. The molecule has 0 aliphatic carbocycles. The average Bonchev–Trinajstić information content (AvgIpc) is 3.26. The van der Waals surface area contributed by atoms with E-state index in [2.05, 4.69) is 27.4 Å². The monoisotopic (exact) mass is 439 g/mol. The van der Waals surface area contributed by atoms with Gasteiger partial charge in [-0.05, 0) is 49.3 Å². The maximum absolute atomic E-state index is 11.4. The summed E-state index contributed by atoms with van der Waals surface area (Å²) in [4.78, 5) is 29.1. The third-order valence-corrected chi connectivity index (χ3v) is 6.30. The zero-order valence-corrected chi connectivity index (χ0v) is 18.2. The number of hydrogen-bond acceptors (Lipinski definition) is 8. The number of nitrogens with zero attached hydrogens (tertiary/aromatic N) is 4. The van der Waals surface area contributed by atoms with Crippen LogP contribution in [-0.4, -0.2) is 44.7 Å². The van der Waals surface area contributed by atoms with E-state index in [-0.39, 0.29) is 18.3 Å². The Morgan fingerprint density at radius 1 is 1.23 bits per heavy atom. The smallest absolute Gasteiger partial charge is 0.316 e. The number of carboxylic acids is 1. The Bertz CT molecular complexity index is 1040. The molecular weight excluding hydrogens is 414 g/mol. The average molecular weight is 440 g/mol. The zero-order chi connectivity index (χ0) is 21.6. The Labute approximate surface area is 184 Å². The highest BCUT2D eigenvalue weighted by molar-refractivity contribution is 7.09. The van der Waals surface area contributed by atoms with E-state index in [9.17, 15) is 9.90 Å². The van der Waals surface area contributed by atoms with Crippen LogP contribution < -0.4 is 10.1 Å². The summed E-state index contributed by atoms with van der Waals surface area (Å²) in [5.41, 5.74) is 4.07. The van der Waals surface area contributed by atoms with Crippen molar-refractivity contribution in [3.05, 3.63) is 57.4 Å². The fraction of sp³-hybridized carbons (Fsp3) is 0.409. The molecule has 2 N–H and O–H groups in total. The number of aliphatic carboxylic acids is 1. The molecule has 31 heavy (non-hydrogen) atoms. The second kappa shape index (κ2) is 9.82. The number of carbonyl (C=O) groups is 1. The minimum Gasteiger partial charge on any atom is -0.481 e. The van der Waals surface area contributed by atoms with Crippen molar-refractivity contribution in [2.75, 3.05) is 19.0 Å². The van der Waals surface area contributed by atoms with Crippen molar-refractivity contribution in [2.45, 2.75) is 44.4 Å². The van der Waals surface area contributed by atoms with E-state index in [0.717, 1.165) is 66.4 Å². The van der Waals surface area contributed by atoms with E-state index in [0.29, 0.717) is 0 Å². The summed E-state index contributed by atoms with van der Waals surface area (Å²) in [5.74, 6) is -0.238. The third kappa shape index (κ3) is 5.35. The molecular formula is C22H25N5O3S. The van der Waals surface area contributed by atoms with Crippen molar-refractivity contribution in [1.29, 1.82) is 0 Å². The number of aromatic nitrogens is 4. The number of fused-ring (bicyclic) bond motifs is 1. The number of aryl methyl sites for hydroxylation is 3. The third-order valence-electron chi connectivity index (χ3n) is 5.30. The van der Waals surface area contributed by atoms with Crippen molar-refractivity contribution in [3.63, 3.8) is 0 Å². The van der Waals surface area contributed by atoms with Crippen LogP contribution in [0.4, 0.5) is 5.82 Å². The molecule has 162 valence electrons. The van der Waals surface area contributed by atoms with Gasteiger partial charge in [-0.1, -0.05) is 6.07 Å². The van der Waals surface area contributed by atoms with E-state index in [4.69, 9.17) is 14.7 Å². The van der Waals surface area contributed by atoms with Gasteiger partial charge in [-0.2, -0.15) is 0 Å². The minimum absolute atomic E-state index is 0.0608. The van der Waals surface area contributed by atoms with Crippen LogP contribution in [0.1, 0.15) is 52.7 Å². The SMILES string of the molecule is COc1ncc([C@H](CC(=O)O)c2nc(CCCc3ccc4c(n3)NCCC4)cs2)cn1. The summed E-state index contributed by atoms with van der Waals surface area (Å²) >= 11 is 1.48. The van der Waals surface area contributed by atoms with Crippen LogP contribution in [-0.2, 0) is 24.1 Å². The van der Waals surface area contributed by atoms with Crippen molar-refractivity contribution >= 4 is 23.1 Å². The first-order chi connectivity index (χ1) is 15.1. The van der Waals surface area contributed by atoms with E-state index < -0.39 is 5.97 Å². The number of rotatable bonds is 9. The summed E-state index contributed by atoms with van der Waals surface area (Å²) in [7, 11) is 1.49. The van der Waals surface area contributed by atoms with Gasteiger partial charge >= 0.3 is 12.0 Å². The Morgan fingerprint density at radius 2 is 2.03 bits per heavy atom. The van der Waals surface area contributed by atoms with Gasteiger partial charge in [0.05, 0.1) is 19.2 Å². The predicted octanol–water partition coefficient (Wildman–Crippen LogP) is 3.48. The minimum atomic E-state index is -0.885. The fourth-order valence-electron chi connectivity index (χ4n) is 3.69. The number of thiazole rings is 1. The summed E-state index contributed by atoms with van der Waals surface area (Å²) in [5, 5.41) is 15.5. The van der Waals surface area contributed by atoms with E-state index in [1.165, 1.54) is 24.0 Å². The molecule has 0 saturated carbocycles. The number of ether oxygens (including phenoxy) is 1. The second-order valence-corrected chi connectivity index (χ2v) is 8.41. The molecule has 0 saturated heterocycles. The Balaban J connectivity index is 1.40. The lowest BCUT2D eigenvalue weighted by Crippen LogP contribution is -2.14. The number of hydrogen-bond donors (Lipinski definition) is 2. The van der Waals surface area contributed by atoms with Crippen molar-refractivity contribution in [2.24, 2.45) is 0 Å². The second-order valence-electron chi connectivity index (χ2n) is 7.52. The van der Waals surface area contributed by atoms with Crippen LogP contribution in [0.25, 0.3) is 0 Å². The van der Waals surface area contributed by atoms with Crippen molar-refractivity contribution < 1.29 is 14.6 Å². The molecule has 1 aliphatic rings. The van der Waals surface area contributed by atoms with E-state index in [1.807, 2.05) is 5.38 Å². The predicted molar refractivity (Wildman–Crippen MR) is 118 cm³/mol. The van der Waals surface area contributed by atoms with Gasteiger partial charge in [0.25, 0.3) is 0 Å². The molecule has 0 unspecified atom stereocenters.